The monoisotopic (exact) mass is 662 g/mol. The Labute approximate surface area is 252 Å². The van der Waals surface area contributed by atoms with Crippen LogP contribution in [-0.4, -0.2) is 40.0 Å². The van der Waals surface area contributed by atoms with Crippen molar-refractivity contribution in [2.24, 2.45) is 0 Å². The molecule has 3 aromatic carbocycles. The zero-order chi connectivity index (χ0) is 31.7. The van der Waals surface area contributed by atoms with Gasteiger partial charge in [0.25, 0.3) is 12.3 Å². The van der Waals surface area contributed by atoms with Crippen LogP contribution in [0.5, 0.6) is 11.5 Å². The molecule has 1 heterocycles. The maximum atomic E-state index is 13.1. The molecule has 0 saturated carbocycles. The van der Waals surface area contributed by atoms with Gasteiger partial charge in [-0.1, -0.05) is 25.4 Å². The quantitative estimate of drug-likeness (QED) is 0.168. The predicted molar refractivity (Wildman–Crippen MR) is 156 cm³/mol. The number of alkyl halides is 5. The molecule has 7 nitrogen and oxygen atoms in total. The van der Waals surface area contributed by atoms with Crippen LogP contribution < -0.4 is 19.5 Å². The molecule has 1 aromatic heterocycles. The minimum absolute atomic E-state index is 0.213. The average molecular weight is 663 g/mol. The van der Waals surface area contributed by atoms with Gasteiger partial charge in [-0.3, -0.25) is 9.52 Å². The van der Waals surface area contributed by atoms with Crippen molar-refractivity contribution in [3.05, 3.63) is 81.7 Å². The van der Waals surface area contributed by atoms with Crippen LogP contribution in [0.1, 0.15) is 34.6 Å². The van der Waals surface area contributed by atoms with E-state index in [1.54, 1.807) is 50.2 Å². The number of nitrogens with one attached hydrogen (secondary N) is 2. The maximum absolute atomic E-state index is 13.1. The lowest BCUT2D eigenvalue weighted by atomic mass is 9.78. The second-order valence-electron chi connectivity index (χ2n) is 9.99. The summed E-state index contributed by atoms with van der Waals surface area (Å²) in [4.78, 5) is 13.5. The van der Waals surface area contributed by atoms with Gasteiger partial charge in [-0.15, -0.1) is 24.5 Å². The Kier molecular flexibility index (Phi) is 9.14. The SMILES string of the molecule is CC(C)(c1cc(Cl)cc(NC(=O)c2cc3cc(NS(C)(=O)=O)ccc3s2)c1)c1cc(OCC(F)F)cc(OC(F)(F)F)c1. The van der Waals surface area contributed by atoms with E-state index in [0.717, 1.165) is 23.1 Å². The number of rotatable bonds is 10. The molecule has 0 aliphatic heterocycles. The maximum Gasteiger partial charge on any atom is 0.573 e. The molecule has 2 N–H and O–H groups in total. The molecule has 0 fully saturated rings. The van der Waals surface area contributed by atoms with E-state index < -0.39 is 46.5 Å². The number of anilines is 2. The molecule has 4 aromatic rings. The molecular formula is C28H24ClF5N2O5S2. The number of thiophene rings is 1. The average Bonchev–Trinajstić information content (AvgIpc) is 3.29. The summed E-state index contributed by atoms with van der Waals surface area (Å²) in [5.74, 6) is -1.38. The molecule has 0 spiro atoms. The summed E-state index contributed by atoms with van der Waals surface area (Å²) in [6, 6.07) is 14.4. The standard InChI is InChI=1S/C28H24ClF5N2O5S2/c1-27(2,17-10-21(40-14-25(30)31)13-22(11-17)41-28(32,33)34)16-8-18(29)12-20(9-16)35-26(37)24-7-15-6-19(36-43(3,38)39)4-5-23(15)42-24/h4-13,25,36H,14H2,1-3H3,(H,35,37). The zero-order valence-electron chi connectivity index (χ0n) is 22.7. The lowest BCUT2D eigenvalue weighted by Crippen LogP contribution is -2.22. The van der Waals surface area contributed by atoms with Crippen molar-refractivity contribution in [3.8, 4) is 11.5 Å². The van der Waals surface area contributed by atoms with Gasteiger partial charge in [0.2, 0.25) is 10.0 Å². The van der Waals surface area contributed by atoms with Crippen LogP contribution in [0.2, 0.25) is 5.02 Å². The molecule has 0 saturated heterocycles. The smallest absolute Gasteiger partial charge is 0.487 e. The van der Waals surface area contributed by atoms with E-state index in [4.69, 9.17) is 16.3 Å². The van der Waals surface area contributed by atoms with Crippen LogP contribution >= 0.6 is 22.9 Å². The summed E-state index contributed by atoms with van der Waals surface area (Å²) in [6.45, 7) is 2.31. The second kappa shape index (κ2) is 12.2. The summed E-state index contributed by atoms with van der Waals surface area (Å²) in [7, 11) is -3.49. The molecule has 0 aliphatic carbocycles. The number of carbonyl (C=O) groups is 1. The number of sulfonamides is 1. The van der Waals surface area contributed by atoms with E-state index in [2.05, 4.69) is 14.8 Å². The van der Waals surface area contributed by atoms with Crippen LogP contribution in [0, 0.1) is 0 Å². The van der Waals surface area contributed by atoms with Gasteiger partial charge in [0.15, 0.2) is 0 Å². The zero-order valence-corrected chi connectivity index (χ0v) is 25.1. The molecule has 0 bridgehead atoms. The number of carbonyl (C=O) groups excluding carboxylic acids is 1. The second-order valence-corrected chi connectivity index (χ2v) is 13.3. The summed E-state index contributed by atoms with van der Waals surface area (Å²) >= 11 is 7.54. The first-order valence-electron chi connectivity index (χ1n) is 12.3. The Balaban J connectivity index is 1.64. The number of hydrogen-bond donors (Lipinski definition) is 2. The number of amides is 1. The topological polar surface area (TPSA) is 93.7 Å². The van der Waals surface area contributed by atoms with Gasteiger partial charge in [-0.25, -0.2) is 17.2 Å². The predicted octanol–water partition coefficient (Wildman–Crippen LogP) is 8.05. The van der Waals surface area contributed by atoms with Gasteiger partial charge < -0.3 is 14.8 Å². The highest BCUT2D eigenvalue weighted by molar-refractivity contribution is 7.92. The molecule has 43 heavy (non-hydrogen) atoms. The molecule has 15 heteroatoms. The van der Waals surface area contributed by atoms with E-state index in [-0.39, 0.29) is 22.0 Å². The van der Waals surface area contributed by atoms with E-state index in [1.807, 2.05) is 0 Å². The van der Waals surface area contributed by atoms with Crippen LogP contribution in [0.25, 0.3) is 10.1 Å². The van der Waals surface area contributed by atoms with Gasteiger partial charge >= 0.3 is 6.36 Å². The highest BCUT2D eigenvalue weighted by Gasteiger charge is 2.33. The van der Waals surface area contributed by atoms with Crippen LogP contribution in [0.3, 0.4) is 0 Å². The Morgan fingerprint density at radius 2 is 1.63 bits per heavy atom. The molecule has 0 atom stereocenters. The van der Waals surface area contributed by atoms with Gasteiger partial charge in [-0.05, 0) is 71.1 Å². The van der Waals surface area contributed by atoms with Gasteiger partial charge in [-0.2, -0.15) is 0 Å². The Morgan fingerprint density at radius 1 is 0.953 bits per heavy atom. The molecule has 4 rings (SSSR count). The first-order valence-corrected chi connectivity index (χ1v) is 15.4. The summed E-state index contributed by atoms with van der Waals surface area (Å²) in [5.41, 5.74) is 0.273. The van der Waals surface area contributed by atoms with Crippen molar-refractivity contribution in [3.63, 3.8) is 0 Å². The van der Waals surface area contributed by atoms with Crippen molar-refractivity contribution >= 4 is 60.3 Å². The molecular weight excluding hydrogens is 639 g/mol. The van der Waals surface area contributed by atoms with E-state index >= 15 is 0 Å². The van der Waals surface area contributed by atoms with E-state index in [9.17, 15) is 35.2 Å². The lowest BCUT2D eigenvalue weighted by molar-refractivity contribution is -0.274. The van der Waals surface area contributed by atoms with Crippen molar-refractivity contribution in [2.45, 2.75) is 32.1 Å². The Hall–Kier alpha value is -3.62. The van der Waals surface area contributed by atoms with Gasteiger partial charge in [0.05, 0.1) is 11.1 Å². The molecule has 1 amide bonds. The largest absolute Gasteiger partial charge is 0.573 e. The normalized spacial score (nSPS) is 12.4. The molecule has 230 valence electrons. The minimum atomic E-state index is -5.03. The lowest BCUT2D eigenvalue weighted by Gasteiger charge is -2.28. The minimum Gasteiger partial charge on any atom is -0.487 e. The highest BCUT2D eigenvalue weighted by atomic mass is 35.5. The van der Waals surface area contributed by atoms with Crippen LogP contribution in [-0.2, 0) is 15.4 Å². The van der Waals surface area contributed by atoms with Gasteiger partial charge in [0, 0.05) is 32.6 Å². The third-order valence-corrected chi connectivity index (χ3v) is 8.07. The highest BCUT2D eigenvalue weighted by Crippen LogP contribution is 2.39. The summed E-state index contributed by atoms with van der Waals surface area (Å²) in [5, 5.41) is 3.61. The van der Waals surface area contributed by atoms with Crippen molar-refractivity contribution in [1.82, 2.24) is 0 Å². The van der Waals surface area contributed by atoms with E-state index in [1.165, 1.54) is 23.5 Å². The van der Waals surface area contributed by atoms with Crippen LogP contribution in [0.4, 0.5) is 33.3 Å². The van der Waals surface area contributed by atoms with Crippen molar-refractivity contribution < 1.29 is 44.6 Å². The number of halogens is 6. The molecule has 0 unspecified atom stereocenters. The third-order valence-electron chi connectivity index (χ3n) is 6.13. The number of ether oxygens (including phenoxy) is 2. The van der Waals surface area contributed by atoms with Crippen molar-refractivity contribution in [1.29, 1.82) is 0 Å². The first-order chi connectivity index (χ1) is 19.9. The van der Waals surface area contributed by atoms with Crippen molar-refractivity contribution in [2.75, 3.05) is 22.9 Å². The summed E-state index contributed by atoms with van der Waals surface area (Å²) < 4.78 is 99.7. The fraction of sp³-hybridized carbons (Fsp3) is 0.250. The third kappa shape index (κ3) is 8.71. The number of benzene rings is 3. The summed E-state index contributed by atoms with van der Waals surface area (Å²) in [6.07, 6.45) is -6.86. The Morgan fingerprint density at radius 3 is 2.28 bits per heavy atom. The number of fused-ring (bicyclic) bond motifs is 1. The fourth-order valence-corrected chi connectivity index (χ4v) is 5.91. The number of hydrogen-bond acceptors (Lipinski definition) is 6. The van der Waals surface area contributed by atoms with Gasteiger partial charge in [0.1, 0.15) is 18.1 Å². The first kappa shape index (κ1) is 32.3. The fourth-order valence-electron chi connectivity index (χ4n) is 4.18. The van der Waals surface area contributed by atoms with E-state index in [0.29, 0.717) is 21.5 Å². The molecule has 0 radical (unpaired) electrons. The molecule has 0 aliphatic rings. The van der Waals surface area contributed by atoms with Crippen LogP contribution in [0.15, 0.2) is 60.7 Å². The Bertz CT molecular complexity index is 1780.